The molecule has 0 saturated heterocycles. The Bertz CT molecular complexity index is 355. The number of nitrogens with zero attached hydrogens (tertiary/aromatic N) is 1. The minimum Gasteiger partial charge on any atom is -0.351 e. The van der Waals surface area contributed by atoms with Crippen LogP contribution in [0.25, 0.3) is 0 Å². The number of nitrogens with one attached hydrogen (secondary N) is 2. The van der Waals surface area contributed by atoms with Crippen LogP contribution >= 0.6 is 0 Å². The van der Waals surface area contributed by atoms with Crippen molar-refractivity contribution in [2.45, 2.75) is 53.0 Å². The van der Waals surface area contributed by atoms with E-state index in [0.29, 0.717) is 6.42 Å². The van der Waals surface area contributed by atoms with Crippen LogP contribution < -0.4 is 5.32 Å². The predicted octanol–water partition coefficient (Wildman–Crippen LogP) is 1.87. The molecule has 0 saturated carbocycles. The standard InChI is InChI=1S/C12H21N3O/c1-8-10(9(2)15-14-8)6-7-11(16)13-12(3,4)5/h6-7H2,1-5H3,(H,13,16)(H,14,15). The zero-order valence-electron chi connectivity index (χ0n) is 10.8. The van der Waals surface area contributed by atoms with E-state index in [1.807, 2.05) is 34.6 Å². The first kappa shape index (κ1) is 12.7. The van der Waals surface area contributed by atoms with Crippen molar-refractivity contribution in [3.05, 3.63) is 17.0 Å². The van der Waals surface area contributed by atoms with E-state index in [-0.39, 0.29) is 11.4 Å². The van der Waals surface area contributed by atoms with E-state index in [9.17, 15) is 4.79 Å². The summed E-state index contributed by atoms with van der Waals surface area (Å²) in [6.45, 7) is 9.90. The van der Waals surface area contributed by atoms with Crippen LogP contribution in [0.2, 0.25) is 0 Å². The number of aryl methyl sites for hydroxylation is 2. The zero-order valence-corrected chi connectivity index (χ0v) is 10.8. The molecular weight excluding hydrogens is 202 g/mol. The second-order valence-corrected chi connectivity index (χ2v) is 5.21. The average molecular weight is 223 g/mol. The first-order chi connectivity index (χ1) is 7.29. The Kier molecular flexibility index (Phi) is 3.73. The molecule has 16 heavy (non-hydrogen) atoms. The molecule has 1 aromatic heterocycles. The van der Waals surface area contributed by atoms with Gasteiger partial charge >= 0.3 is 0 Å². The lowest BCUT2D eigenvalue weighted by molar-refractivity contribution is -0.122. The van der Waals surface area contributed by atoms with Crippen LogP contribution in [0.1, 0.15) is 44.1 Å². The molecule has 90 valence electrons. The van der Waals surface area contributed by atoms with Crippen LogP contribution in [-0.2, 0) is 11.2 Å². The number of amides is 1. The van der Waals surface area contributed by atoms with Gasteiger partial charge in [-0.3, -0.25) is 9.89 Å². The van der Waals surface area contributed by atoms with E-state index in [1.165, 1.54) is 0 Å². The summed E-state index contributed by atoms with van der Waals surface area (Å²) in [5, 5.41) is 9.99. The highest BCUT2D eigenvalue weighted by Gasteiger charge is 2.14. The van der Waals surface area contributed by atoms with Gasteiger partial charge in [-0.2, -0.15) is 5.10 Å². The Hall–Kier alpha value is -1.32. The van der Waals surface area contributed by atoms with Crippen LogP contribution in [-0.4, -0.2) is 21.6 Å². The number of aromatic nitrogens is 2. The van der Waals surface area contributed by atoms with Crippen LogP contribution in [0.3, 0.4) is 0 Å². The highest BCUT2D eigenvalue weighted by atomic mass is 16.1. The fourth-order valence-electron chi connectivity index (χ4n) is 1.66. The number of rotatable bonds is 3. The SMILES string of the molecule is Cc1n[nH]c(C)c1CCC(=O)NC(C)(C)C. The highest BCUT2D eigenvalue weighted by molar-refractivity contribution is 5.76. The third-order valence-corrected chi connectivity index (χ3v) is 2.40. The Labute approximate surface area is 96.8 Å². The van der Waals surface area contributed by atoms with Gasteiger partial charge in [0.15, 0.2) is 0 Å². The molecule has 0 atom stereocenters. The first-order valence-corrected chi connectivity index (χ1v) is 5.61. The van der Waals surface area contributed by atoms with E-state index in [4.69, 9.17) is 0 Å². The molecule has 0 spiro atoms. The van der Waals surface area contributed by atoms with E-state index >= 15 is 0 Å². The maximum Gasteiger partial charge on any atom is 0.220 e. The zero-order chi connectivity index (χ0) is 12.3. The highest BCUT2D eigenvalue weighted by Crippen LogP contribution is 2.12. The number of carbonyl (C=O) groups excluding carboxylic acids is 1. The van der Waals surface area contributed by atoms with Crippen molar-refractivity contribution >= 4 is 5.91 Å². The summed E-state index contributed by atoms with van der Waals surface area (Å²) in [5.74, 6) is 0.0903. The lowest BCUT2D eigenvalue weighted by atomic mass is 10.1. The number of H-pyrrole nitrogens is 1. The molecule has 4 nitrogen and oxygen atoms in total. The van der Waals surface area contributed by atoms with Crippen LogP contribution in [0.15, 0.2) is 0 Å². The summed E-state index contributed by atoms with van der Waals surface area (Å²) >= 11 is 0. The molecule has 1 amide bonds. The molecule has 2 N–H and O–H groups in total. The molecule has 0 fully saturated rings. The lowest BCUT2D eigenvalue weighted by Gasteiger charge is -2.20. The van der Waals surface area contributed by atoms with E-state index < -0.39 is 0 Å². The monoisotopic (exact) mass is 223 g/mol. The van der Waals surface area contributed by atoms with Gasteiger partial charge < -0.3 is 5.32 Å². The largest absolute Gasteiger partial charge is 0.351 e. The number of carbonyl (C=O) groups is 1. The van der Waals surface area contributed by atoms with Crippen LogP contribution in [0, 0.1) is 13.8 Å². The van der Waals surface area contributed by atoms with Crippen molar-refractivity contribution in [1.82, 2.24) is 15.5 Å². The topological polar surface area (TPSA) is 57.8 Å². The Morgan fingerprint density at radius 3 is 2.44 bits per heavy atom. The van der Waals surface area contributed by atoms with E-state index in [2.05, 4.69) is 15.5 Å². The van der Waals surface area contributed by atoms with Gasteiger partial charge in [0.05, 0.1) is 5.69 Å². The summed E-state index contributed by atoms with van der Waals surface area (Å²) in [7, 11) is 0. The molecular formula is C12H21N3O. The molecule has 1 rings (SSSR count). The number of hydrogen-bond donors (Lipinski definition) is 2. The fourth-order valence-corrected chi connectivity index (χ4v) is 1.66. The third kappa shape index (κ3) is 3.68. The second kappa shape index (κ2) is 4.68. The minimum atomic E-state index is -0.155. The van der Waals surface area contributed by atoms with Gasteiger partial charge in [0, 0.05) is 17.7 Å². The molecule has 0 radical (unpaired) electrons. The molecule has 0 aliphatic carbocycles. The van der Waals surface area contributed by atoms with Crippen molar-refractivity contribution in [3.8, 4) is 0 Å². The molecule has 0 aromatic carbocycles. The van der Waals surface area contributed by atoms with Gasteiger partial charge in [0.1, 0.15) is 0 Å². The maximum absolute atomic E-state index is 11.6. The molecule has 4 heteroatoms. The summed E-state index contributed by atoms with van der Waals surface area (Å²) in [6, 6.07) is 0. The number of hydrogen-bond acceptors (Lipinski definition) is 2. The molecule has 0 unspecified atom stereocenters. The Morgan fingerprint density at radius 1 is 1.38 bits per heavy atom. The lowest BCUT2D eigenvalue weighted by Crippen LogP contribution is -2.40. The van der Waals surface area contributed by atoms with Crippen molar-refractivity contribution in [1.29, 1.82) is 0 Å². The van der Waals surface area contributed by atoms with Crippen molar-refractivity contribution in [2.24, 2.45) is 0 Å². The normalized spacial score (nSPS) is 11.6. The van der Waals surface area contributed by atoms with Crippen LogP contribution in [0.5, 0.6) is 0 Å². The van der Waals surface area contributed by atoms with Gasteiger partial charge in [-0.25, -0.2) is 0 Å². The van der Waals surface area contributed by atoms with Gasteiger partial charge in [-0.05, 0) is 46.6 Å². The molecule has 1 heterocycles. The molecule has 0 aliphatic heterocycles. The average Bonchev–Trinajstić information content (AvgIpc) is 2.41. The van der Waals surface area contributed by atoms with Crippen LogP contribution in [0.4, 0.5) is 0 Å². The molecule has 1 aromatic rings. The fraction of sp³-hybridized carbons (Fsp3) is 0.667. The summed E-state index contributed by atoms with van der Waals surface area (Å²) < 4.78 is 0. The Morgan fingerprint density at radius 2 is 2.00 bits per heavy atom. The summed E-state index contributed by atoms with van der Waals surface area (Å²) in [5.41, 5.74) is 3.04. The molecule has 0 bridgehead atoms. The van der Waals surface area contributed by atoms with Crippen molar-refractivity contribution < 1.29 is 4.79 Å². The third-order valence-electron chi connectivity index (χ3n) is 2.40. The van der Waals surface area contributed by atoms with Gasteiger partial charge in [0.2, 0.25) is 5.91 Å². The predicted molar refractivity (Wildman–Crippen MR) is 64.3 cm³/mol. The first-order valence-electron chi connectivity index (χ1n) is 5.61. The summed E-state index contributed by atoms with van der Waals surface area (Å²) in [6.07, 6.45) is 1.26. The minimum absolute atomic E-state index is 0.0903. The number of aromatic amines is 1. The van der Waals surface area contributed by atoms with E-state index in [0.717, 1.165) is 23.4 Å². The van der Waals surface area contributed by atoms with Gasteiger partial charge in [-0.1, -0.05) is 0 Å². The van der Waals surface area contributed by atoms with Crippen molar-refractivity contribution in [2.75, 3.05) is 0 Å². The smallest absolute Gasteiger partial charge is 0.220 e. The maximum atomic E-state index is 11.6. The van der Waals surface area contributed by atoms with E-state index in [1.54, 1.807) is 0 Å². The van der Waals surface area contributed by atoms with Gasteiger partial charge in [0.25, 0.3) is 0 Å². The Balaban J connectivity index is 2.50. The summed E-state index contributed by atoms with van der Waals surface area (Å²) in [4.78, 5) is 11.6. The van der Waals surface area contributed by atoms with Crippen molar-refractivity contribution in [3.63, 3.8) is 0 Å². The second-order valence-electron chi connectivity index (χ2n) is 5.21. The quantitative estimate of drug-likeness (QED) is 0.822. The van der Waals surface area contributed by atoms with Gasteiger partial charge in [-0.15, -0.1) is 0 Å². The molecule has 0 aliphatic rings.